The minimum atomic E-state index is -0.773. The van der Waals surface area contributed by atoms with Crippen LogP contribution in [0.2, 0.25) is 5.02 Å². The number of carbonyl (C=O) groups is 2. The van der Waals surface area contributed by atoms with Crippen LogP contribution in [0.3, 0.4) is 0 Å². The Morgan fingerprint density at radius 1 is 1.00 bits per heavy atom. The van der Waals surface area contributed by atoms with Crippen molar-refractivity contribution in [3.8, 4) is 11.3 Å². The molecule has 44 heavy (non-hydrogen) atoms. The maximum atomic E-state index is 14.1. The summed E-state index contributed by atoms with van der Waals surface area (Å²) in [4.78, 5) is 45.2. The van der Waals surface area contributed by atoms with Crippen LogP contribution in [-0.4, -0.2) is 30.2 Å². The number of methoxy groups -OCH3 is 1. The highest BCUT2D eigenvalue weighted by molar-refractivity contribution is 7.07. The summed E-state index contributed by atoms with van der Waals surface area (Å²) in [5.74, 6) is -0.317. The first-order valence-electron chi connectivity index (χ1n) is 13.7. The van der Waals surface area contributed by atoms with Crippen LogP contribution in [0.1, 0.15) is 40.2 Å². The molecule has 3 aromatic carbocycles. The molecule has 0 aliphatic carbocycles. The van der Waals surface area contributed by atoms with E-state index in [4.69, 9.17) is 30.5 Å². The molecule has 10 heteroatoms. The zero-order valence-corrected chi connectivity index (χ0v) is 25.2. The number of rotatable bonds is 7. The van der Waals surface area contributed by atoms with Crippen LogP contribution in [0.5, 0.6) is 0 Å². The van der Waals surface area contributed by atoms with Crippen molar-refractivity contribution in [2.45, 2.75) is 13.0 Å². The van der Waals surface area contributed by atoms with E-state index >= 15 is 0 Å². The number of furan rings is 1. The fourth-order valence-corrected chi connectivity index (χ4v) is 6.26. The highest BCUT2D eigenvalue weighted by Gasteiger charge is 2.35. The number of fused-ring (bicyclic) bond motifs is 1. The van der Waals surface area contributed by atoms with E-state index in [9.17, 15) is 14.4 Å². The molecule has 5 aromatic rings. The van der Waals surface area contributed by atoms with Crippen molar-refractivity contribution < 1.29 is 23.5 Å². The molecule has 220 valence electrons. The molecule has 0 bridgehead atoms. The number of carbonyl (C=O) groups excluding carboxylic acids is 2. The predicted octanol–water partition coefficient (Wildman–Crippen LogP) is 5.64. The van der Waals surface area contributed by atoms with E-state index in [1.807, 2.05) is 60.7 Å². The lowest BCUT2D eigenvalue weighted by Gasteiger charge is -2.25. The third-order valence-corrected chi connectivity index (χ3v) is 8.26. The van der Waals surface area contributed by atoms with Crippen molar-refractivity contribution in [2.75, 3.05) is 13.7 Å². The largest absolute Gasteiger partial charge is 0.465 e. The molecule has 1 atom stereocenters. The van der Waals surface area contributed by atoms with E-state index in [0.717, 1.165) is 11.1 Å². The second-order valence-corrected chi connectivity index (χ2v) is 11.2. The van der Waals surface area contributed by atoms with Crippen molar-refractivity contribution in [1.29, 1.82) is 0 Å². The summed E-state index contributed by atoms with van der Waals surface area (Å²) in [6.45, 7) is 1.91. The minimum absolute atomic E-state index is 0.168. The maximum absolute atomic E-state index is 14.1. The highest BCUT2D eigenvalue weighted by atomic mass is 35.5. The van der Waals surface area contributed by atoms with Gasteiger partial charge in [-0.3, -0.25) is 9.36 Å². The number of aromatic nitrogens is 1. The zero-order chi connectivity index (χ0) is 30.8. The Labute approximate surface area is 260 Å². The van der Waals surface area contributed by atoms with Gasteiger partial charge in [0.15, 0.2) is 4.80 Å². The first kappa shape index (κ1) is 29.1. The molecule has 1 aliphatic heterocycles. The number of hydrogen-bond donors (Lipinski definition) is 0. The summed E-state index contributed by atoms with van der Waals surface area (Å²) in [6.07, 6.45) is 1.62. The van der Waals surface area contributed by atoms with Crippen LogP contribution in [-0.2, 0) is 14.3 Å². The van der Waals surface area contributed by atoms with Crippen LogP contribution in [0.4, 0.5) is 0 Å². The molecule has 6 rings (SSSR count). The van der Waals surface area contributed by atoms with E-state index in [1.54, 1.807) is 43.3 Å². The van der Waals surface area contributed by atoms with Gasteiger partial charge in [-0.1, -0.05) is 83.6 Å². The zero-order valence-electron chi connectivity index (χ0n) is 23.7. The number of nitrogens with zero attached hydrogens (tertiary/aromatic N) is 2. The normalized spacial score (nSPS) is 14.6. The smallest absolute Gasteiger partial charge is 0.338 e. The lowest BCUT2D eigenvalue weighted by molar-refractivity contribution is -0.138. The Hall–Kier alpha value is -4.99. The first-order chi connectivity index (χ1) is 21.4. The molecule has 0 radical (unpaired) electrons. The Balaban J connectivity index is 1.53. The van der Waals surface area contributed by atoms with Gasteiger partial charge in [-0.05, 0) is 42.8 Å². The second kappa shape index (κ2) is 12.3. The standard InChI is InChI=1S/C34H25ClN2O6S/c1-3-42-33(40)28-29(20-10-6-4-7-11-20)36-34-37(30(28)21-12-8-5-9-13-21)31(38)27(44-34)19-23-15-17-26(43-23)25-18-22(35)14-16-24(25)32(39)41-2/h4-19,30H,3H2,1-2H3/b27-19+/t30-/m0/s1. The lowest BCUT2D eigenvalue weighted by Crippen LogP contribution is -2.39. The fourth-order valence-electron chi connectivity index (χ4n) is 5.10. The third kappa shape index (κ3) is 5.43. The van der Waals surface area contributed by atoms with Crippen LogP contribution < -0.4 is 14.9 Å². The van der Waals surface area contributed by atoms with Crippen LogP contribution in [0, 0.1) is 0 Å². The van der Waals surface area contributed by atoms with Gasteiger partial charge in [0.05, 0.1) is 41.1 Å². The minimum Gasteiger partial charge on any atom is -0.465 e. The fraction of sp³-hybridized carbons (Fsp3) is 0.118. The van der Waals surface area contributed by atoms with Gasteiger partial charge in [0, 0.05) is 22.2 Å². The third-order valence-electron chi connectivity index (χ3n) is 7.04. The molecular formula is C34H25ClN2O6S. The van der Waals surface area contributed by atoms with Crippen molar-refractivity contribution >= 4 is 46.6 Å². The predicted molar refractivity (Wildman–Crippen MR) is 168 cm³/mol. The number of ether oxygens (including phenoxy) is 2. The van der Waals surface area contributed by atoms with Crippen molar-refractivity contribution in [3.05, 3.63) is 144 Å². The Bertz CT molecular complexity index is 2090. The molecule has 3 heterocycles. The van der Waals surface area contributed by atoms with Crippen molar-refractivity contribution in [1.82, 2.24) is 4.57 Å². The van der Waals surface area contributed by atoms with E-state index in [1.165, 1.54) is 23.0 Å². The van der Waals surface area contributed by atoms with E-state index in [0.29, 0.717) is 42.7 Å². The summed E-state index contributed by atoms with van der Waals surface area (Å²) in [5.41, 5.74) is 2.60. The number of esters is 2. The molecule has 1 aliphatic rings. The Morgan fingerprint density at radius 3 is 2.43 bits per heavy atom. The highest BCUT2D eigenvalue weighted by Crippen LogP contribution is 2.35. The molecule has 0 unspecified atom stereocenters. The molecule has 2 aromatic heterocycles. The number of halogens is 1. The molecule has 8 nitrogen and oxygen atoms in total. The maximum Gasteiger partial charge on any atom is 0.338 e. The monoisotopic (exact) mass is 624 g/mol. The summed E-state index contributed by atoms with van der Waals surface area (Å²) < 4.78 is 18.3. The molecule has 0 spiro atoms. The SMILES string of the molecule is CCOC(=O)C1=C(c2ccccc2)N=c2s/c(=C/c3ccc(-c4cc(Cl)ccc4C(=O)OC)o3)c(=O)n2[C@H]1c1ccccc1. The van der Waals surface area contributed by atoms with Gasteiger partial charge in [0.2, 0.25) is 0 Å². The molecule has 0 amide bonds. The van der Waals surface area contributed by atoms with Gasteiger partial charge >= 0.3 is 11.9 Å². The van der Waals surface area contributed by atoms with Crippen molar-refractivity contribution in [2.24, 2.45) is 4.99 Å². The van der Waals surface area contributed by atoms with Gasteiger partial charge in [0.1, 0.15) is 11.5 Å². The van der Waals surface area contributed by atoms with E-state index < -0.39 is 18.0 Å². The summed E-state index contributed by atoms with van der Waals surface area (Å²) >= 11 is 7.40. The van der Waals surface area contributed by atoms with Gasteiger partial charge in [0.25, 0.3) is 5.56 Å². The quantitative estimate of drug-likeness (QED) is 0.218. The molecule has 0 saturated heterocycles. The average molecular weight is 625 g/mol. The molecule has 0 fully saturated rings. The molecule has 0 saturated carbocycles. The topological polar surface area (TPSA) is 100 Å². The van der Waals surface area contributed by atoms with E-state index in [2.05, 4.69) is 0 Å². The van der Waals surface area contributed by atoms with Gasteiger partial charge in [-0.15, -0.1) is 0 Å². The Morgan fingerprint density at radius 2 is 1.73 bits per heavy atom. The number of benzene rings is 3. The second-order valence-electron chi connectivity index (χ2n) is 9.73. The van der Waals surface area contributed by atoms with Crippen molar-refractivity contribution in [3.63, 3.8) is 0 Å². The summed E-state index contributed by atoms with van der Waals surface area (Å²) in [7, 11) is 1.30. The lowest BCUT2D eigenvalue weighted by atomic mass is 9.93. The summed E-state index contributed by atoms with van der Waals surface area (Å²) in [6, 6.07) is 26.1. The van der Waals surface area contributed by atoms with Gasteiger partial charge in [-0.25, -0.2) is 14.6 Å². The number of hydrogen-bond acceptors (Lipinski definition) is 8. The summed E-state index contributed by atoms with van der Waals surface area (Å²) in [5, 5.41) is 0.423. The van der Waals surface area contributed by atoms with Crippen LogP contribution in [0.25, 0.3) is 23.1 Å². The number of thiazole rings is 1. The molecule has 0 N–H and O–H groups in total. The van der Waals surface area contributed by atoms with E-state index in [-0.39, 0.29) is 17.7 Å². The van der Waals surface area contributed by atoms with Gasteiger partial charge < -0.3 is 13.9 Å². The molecular weight excluding hydrogens is 600 g/mol. The Kier molecular flexibility index (Phi) is 8.15. The van der Waals surface area contributed by atoms with Crippen LogP contribution >= 0.6 is 22.9 Å². The van der Waals surface area contributed by atoms with Crippen LogP contribution in [0.15, 0.2) is 111 Å². The average Bonchev–Trinajstić information content (AvgIpc) is 3.64. The van der Waals surface area contributed by atoms with Gasteiger partial charge in [-0.2, -0.15) is 0 Å². The first-order valence-corrected chi connectivity index (χ1v) is 14.9.